The Bertz CT molecular complexity index is 955. The molecule has 2 heterocycles. The molecule has 1 aromatic heterocycles. The Morgan fingerprint density at radius 3 is 2.60 bits per heavy atom. The number of H-pyrrole nitrogens is 1. The van der Waals surface area contributed by atoms with Crippen LogP contribution in [0.25, 0.3) is 10.9 Å². The topological polar surface area (TPSA) is 48.1 Å². The second kappa shape index (κ2) is 10.1. The minimum Gasteiger partial charge on any atom is -0.358 e. The van der Waals surface area contributed by atoms with Gasteiger partial charge in [0.15, 0.2) is 5.78 Å². The lowest BCUT2D eigenvalue weighted by Gasteiger charge is -2.32. The first-order valence-corrected chi connectivity index (χ1v) is 11.2. The van der Waals surface area contributed by atoms with Crippen molar-refractivity contribution in [2.45, 2.75) is 39.2 Å². The van der Waals surface area contributed by atoms with Crippen LogP contribution >= 0.6 is 0 Å². The third kappa shape index (κ3) is 5.38. The number of aromatic nitrogens is 1. The minimum absolute atomic E-state index is 0.264. The number of aromatic amines is 1. The van der Waals surface area contributed by atoms with Gasteiger partial charge in [-0.3, -0.25) is 9.69 Å². The molecule has 0 unspecified atom stereocenters. The Labute approximate surface area is 179 Å². The SMILES string of the molecule is Cc1[nH]c2ccccc2c1CC(=O)CNCCC1CCN(Cc2ccccc2)CC1. The molecule has 3 aromatic rings. The molecule has 1 aliphatic rings. The van der Waals surface area contributed by atoms with Crippen molar-refractivity contribution >= 4 is 16.7 Å². The lowest BCUT2D eigenvalue weighted by atomic mass is 9.93. The van der Waals surface area contributed by atoms with Crippen LogP contribution in [-0.2, 0) is 17.8 Å². The number of fused-ring (bicyclic) bond motifs is 1. The van der Waals surface area contributed by atoms with Crippen LogP contribution in [0.15, 0.2) is 54.6 Å². The van der Waals surface area contributed by atoms with E-state index < -0.39 is 0 Å². The van der Waals surface area contributed by atoms with Crippen molar-refractivity contribution < 1.29 is 4.79 Å². The average Bonchev–Trinajstić information content (AvgIpc) is 3.08. The van der Waals surface area contributed by atoms with Crippen LogP contribution in [0, 0.1) is 12.8 Å². The minimum atomic E-state index is 0.264. The Kier molecular flexibility index (Phi) is 6.98. The number of nitrogens with one attached hydrogen (secondary N) is 2. The van der Waals surface area contributed by atoms with E-state index in [1.165, 1.54) is 43.3 Å². The number of benzene rings is 2. The Balaban J connectivity index is 1.14. The molecule has 1 fully saturated rings. The number of carbonyl (C=O) groups is 1. The number of likely N-dealkylation sites (tertiary alicyclic amines) is 1. The fourth-order valence-corrected chi connectivity index (χ4v) is 4.63. The first-order chi connectivity index (χ1) is 14.7. The van der Waals surface area contributed by atoms with Crippen LogP contribution in [0.2, 0.25) is 0 Å². The number of rotatable bonds is 9. The van der Waals surface area contributed by atoms with Gasteiger partial charge in [0.05, 0.1) is 6.54 Å². The predicted octanol–water partition coefficient (Wildman–Crippen LogP) is 4.48. The molecule has 4 heteroatoms. The predicted molar refractivity (Wildman–Crippen MR) is 124 cm³/mol. The first kappa shape index (κ1) is 20.8. The van der Waals surface area contributed by atoms with Crippen LogP contribution in [0.4, 0.5) is 0 Å². The summed E-state index contributed by atoms with van der Waals surface area (Å²) in [6.07, 6.45) is 4.19. The van der Waals surface area contributed by atoms with Gasteiger partial charge in [-0.1, -0.05) is 48.5 Å². The highest BCUT2D eigenvalue weighted by Gasteiger charge is 2.19. The number of piperidine rings is 1. The zero-order chi connectivity index (χ0) is 20.8. The van der Waals surface area contributed by atoms with E-state index in [1.807, 2.05) is 12.1 Å². The van der Waals surface area contributed by atoms with Crippen LogP contribution < -0.4 is 5.32 Å². The number of ketones is 1. The molecule has 0 saturated carbocycles. The normalized spacial score (nSPS) is 15.6. The first-order valence-electron chi connectivity index (χ1n) is 11.2. The fraction of sp³-hybridized carbons (Fsp3) is 0.423. The highest BCUT2D eigenvalue weighted by atomic mass is 16.1. The van der Waals surface area contributed by atoms with Crippen molar-refractivity contribution in [2.75, 3.05) is 26.2 Å². The van der Waals surface area contributed by atoms with Gasteiger partial charge >= 0.3 is 0 Å². The van der Waals surface area contributed by atoms with Crippen LogP contribution in [0.3, 0.4) is 0 Å². The van der Waals surface area contributed by atoms with Gasteiger partial charge in [0.1, 0.15) is 0 Å². The summed E-state index contributed by atoms with van der Waals surface area (Å²) in [7, 11) is 0. The van der Waals surface area contributed by atoms with Crippen LogP contribution in [0.5, 0.6) is 0 Å². The lowest BCUT2D eigenvalue weighted by Crippen LogP contribution is -2.34. The summed E-state index contributed by atoms with van der Waals surface area (Å²) in [5.74, 6) is 1.04. The standard InChI is InChI=1S/C26H33N3O/c1-20-25(24-9-5-6-10-26(24)28-20)17-23(30)18-27-14-11-21-12-15-29(16-13-21)19-22-7-3-2-4-8-22/h2-10,21,27-28H,11-19H2,1H3. The van der Waals surface area contributed by atoms with E-state index in [0.29, 0.717) is 13.0 Å². The monoisotopic (exact) mass is 403 g/mol. The van der Waals surface area contributed by atoms with E-state index in [9.17, 15) is 4.79 Å². The highest BCUT2D eigenvalue weighted by Crippen LogP contribution is 2.23. The van der Waals surface area contributed by atoms with Crippen molar-refractivity contribution in [1.29, 1.82) is 0 Å². The number of hydrogen-bond donors (Lipinski definition) is 2. The molecule has 0 bridgehead atoms. The Morgan fingerprint density at radius 2 is 1.80 bits per heavy atom. The molecule has 30 heavy (non-hydrogen) atoms. The third-order valence-electron chi connectivity index (χ3n) is 6.41. The van der Waals surface area contributed by atoms with Crippen molar-refractivity contribution in [3.63, 3.8) is 0 Å². The maximum atomic E-state index is 12.5. The fourth-order valence-electron chi connectivity index (χ4n) is 4.63. The average molecular weight is 404 g/mol. The van der Waals surface area contributed by atoms with Gasteiger partial charge in [-0.25, -0.2) is 0 Å². The number of nitrogens with zero attached hydrogens (tertiary/aromatic N) is 1. The summed E-state index contributed by atoms with van der Waals surface area (Å²) in [6, 6.07) is 19.0. The number of carbonyl (C=O) groups excluding carboxylic acids is 1. The Morgan fingerprint density at radius 1 is 1.07 bits per heavy atom. The molecule has 4 nitrogen and oxygen atoms in total. The summed E-state index contributed by atoms with van der Waals surface area (Å²) in [5, 5.41) is 4.56. The van der Waals surface area contributed by atoms with E-state index in [2.05, 4.69) is 64.6 Å². The van der Waals surface area contributed by atoms with Gasteiger partial charge in [-0.05, 0) is 68.9 Å². The molecule has 2 aromatic carbocycles. The molecular formula is C26H33N3O. The highest BCUT2D eigenvalue weighted by molar-refractivity contribution is 5.91. The zero-order valence-corrected chi connectivity index (χ0v) is 18.0. The molecule has 1 saturated heterocycles. The summed E-state index contributed by atoms with van der Waals surface area (Å²) in [6.45, 7) is 6.87. The van der Waals surface area contributed by atoms with E-state index in [4.69, 9.17) is 0 Å². The third-order valence-corrected chi connectivity index (χ3v) is 6.41. The quantitative estimate of drug-likeness (QED) is 0.518. The van der Waals surface area contributed by atoms with Crippen molar-refractivity contribution in [3.05, 3.63) is 71.4 Å². The number of hydrogen-bond acceptors (Lipinski definition) is 3. The van der Waals surface area contributed by atoms with E-state index in [-0.39, 0.29) is 5.78 Å². The molecule has 1 aliphatic heterocycles. The lowest BCUT2D eigenvalue weighted by molar-refractivity contribution is -0.117. The largest absolute Gasteiger partial charge is 0.358 e. The zero-order valence-electron chi connectivity index (χ0n) is 18.0. The number of Topliss-reactive ketones (excluding diaryl/α,β-unsaturated/α-hetero) is 1. The smallest absolute Gasteiger partial charge is 0.151 e. The molecule has 2 N–H and O–H groups in total. The Hall–Kier alpha value is -2.43. The summed E-state index contributed by atoms with van der Waals surface area (Å²) < 4.78 is 0. The van der Waals surface area contributed by atoms with Gasteiger partial charge in [0.25, 0.3) is 0 Å². The molecule has 0 atom stereocenters. The second-order valence-corrected chi connectivity index (χ2v) is 8.66. The molecule has 0 radical (unpaired) electrons. The van der Waals surface area contributed by atoms with Crippen LogP contribution in [-0.4, -0.2) is 41.8 Å². The molecule has 0 aliphatic carbocycles. The van der Waals surface area contributed by atoms with Gasteiger partial charge in [0, 0.05) is 29.6 Å². The second-order valence-electron chi connectivity index (χ2n) is 8.66. The molecule has 0 spiro atoms. The van der Waals surface area contributed by atoms with Gasteiger partial charge in [0.2, 0.25) is 0 Å². The summed E-state index contributed by atoms with van der Waals surface area (Å²) >= 11 is 0. The van der Waals surface area contributed by atoms with Gasteiger partial charge in [-0.15, -0.1) is 0 Å². The van der Waals surface area contributed by atoms with E-state index in [0.717, 1.165) is 35.8 Å². The van der Waals surface area contributed by atoms with Crippen molar-refractivity contribution in [2.24, 2.45) is 5.92 Å². The maximum absolute atomic E-state index is 12.5. The molecule has 158 valence electrons. The number of aryl methyl sites for hydroxylation is 1. The number of para-hydroxylation sites is 1. The van der Waals surface area contributed by atoms with E-state index in [1.54, 1.807) is 0 Å². The molecular weight excluding hydrogens is 370 g/mol. The van der Waals surface area contributed by atoms with Crippen molar-refractivity contribution in [1.82, 2.24) is 15.2 Å². The summed E-state index contributed by atoms with van der Waals surface area (Å²) in [4.78, 5) is 18.4. The van der Waals surface area contributed by atoms with Crippen LogP contribution in [0.1, 0.15) is 36.1 Å². The maximum Gasteiger partial charge on any atom is 0.151 e. The van der Waals surface area contributed by atoms with Crippen molar-refractivity contribution in [3.8, 4) is 0 Å². The molecule has 0 amide bonds. The van der Waals surface area contributed by atoms with Gasteiger partial charge in [-0.2, -0.15) is 0 Å². The van der Waals surface area contributed by atoms with Gasteiger partial charge < -0.3 is 10.3 Å². The summed E-state index contributed by atoms with van der Waals surface area (Å²) in [5.41, 5.74) is 4.76. The van der Waals surface area contributed by atoms with E-state index >= 15 is 0 Å². The molecule has 4 rings (SSSR count).